The summed E-state index contributed by atoms with van der Waals surface area (Å²) in [5.41, 5.74) is 0. The fraction of sp³-hybridized carbons (Fsp3) is 0.800. The van der Waals surface area contributed by atoms with E-state index in [-0.39, 0.29) is 0 Å². The third-order valence-corrected chi connectivity index (χ3v) is 2.41. The molecule has 0 aliphatic carbocycles. The molecule has 0 saturated carbocycles. The summed E-state index contributed by atoms with van der Waals surface area (Å²) in [4.78, 5) is 2.41. The van der Waals surface area contributed by atoms with Gasteiger partial charge in [0.2, 0.25) is 0 Å². The quantitative estimate of drug-likeness (QED) is 0.550. The Balaban J connectivity index is 2.22. The molecule has 0 atom stereocenters. The molecular weight excluding hydrogens is 134 g/mol. The third-order valence-electron chi connectivity index (χ3n) is 2.41. The lowest BCUT2D eigenvalue weighted by Crippen LogP contribution is -2.29. The lowest BCUT2D eigenvalue weighted by atomic mass is 9.96. The summed E-state index contributed by atoms with van der Waals surface area (Å²) in [6.07, 6.45) is 8.59. The van der Waals surface area contributed by atoms with Crippen molar-refractivity contribution in [1.29, 1.82) is 0 Å². The van der Waals surface area contributed by atoms with Crippen LogP contribution in [0.25, 0.3) is 0 Å². The summed E-state index contributed by atoms with van der Waals surface area (Å²) in [7, 11) is 2.21. The molecule has 1 fully saturated rings. The topological polar surface area (TPSA) is 3.24 Å². The van der Waals surface area contributed by atoms with Crippen LogP contribution in [-0.2, 0) is 0 Å². The standard InChI is InChI=1S/C10H19N/c1-3-4-5-10-6-8-11(2)9-7-10/h4-5,10H,3,6-9H2,1-2H3/b5-4-. The molecule has 11 heavy (non-hydrogen) atoms. The van der Waals surface area contributed by atoms with Crippen LogP contribution in [0.1, 0.15) is 26.2 Å². The molecule has 0 spiro atoms. The highest BCUT2D eigenvalue weighted by atomic mass is 15.1. The largest absolute Gasteiger partial charge is 0.306 e. The van der Waals surface area contributed by atoms with E-state index in [1.165, 1.54) is 32.4 Å². The van der Waals surface area contributed by atoms with Gasteiger partial charge in [-0.3, -0.25) is 0 Å². The summed E-state index contributed by atoms with van der Waals surface area (Å²) < 4.78 is 0. The molecular formula is C10H19N. The van der Waals surface area contributed by atoms with E-state index in [1.54, 1.807) is 0 Å². The van der Waals surface area contributed by atoms with E-state index in [2.05, 4.69) is 31.0 Å². The van der Waals surface area contributed by atoms with Crippen molar-refractivity contribution in [2.75, 3.05) is 20.1 Å². The minimum atomic E-state index is 0.867. The van der Waals surface area contributed by atoms with E-state index in [0.29, 0.717) is 0 Å². The van der Waals surface area contributed by atoms with Gasteiger partial charge in [0.15, 0.2) is 0 Å². The van der Waals surface area contributed by atoms with Gasteiger partial charge in [-0.15, -0.1) is 0 Å². The van der Waals surface area contributed by atoms with Crippen molar-refractivity contribution in [1.82, 2.24) is 4.90 Å². The van der Waals surface area contributed by atoms with Crippen LogP contribution < -0.4 is 0 Å². The number of likely N-dealkylation sites (tertiary alicyclic amines) is 1. The normalized spacial score (nSPS) is 23.1. The van der Waals surface area contributed by atoms with Gasteiger partial charge in [-0.2, -0.15) is 0 Å². The van der Waals surface area contributed by atoms with Gasteiger partial charge in [0.1, 0.15) is 0 Å². The molecule has 1 nitrogen and oxygen atoms in total. The van der Waals surface area contributed by atoms with E-state index < -0.39 is 0 Å². The van der Waals surface area contributed by atoms with E-state index in [0.717, 1.165) is 5.92 Å². The molecule has 1 aliphatic rings. The molecule has 0 aromatic carbocycles. The van der Waals surface area contributed by atoms with Crippen LogP contribution in [0.5, 0.6) is 0 Å². The molecule has 1 aliphatic heterocycles. The first-order valence-corrected chi connectivity index (χ1v) is 4.68. The van der Waals surface area contributed by atoms with Crippen LogP contribution >= 0.6 is 0 Å². The van der Waals surface area contributed by atoms with Crippen molar-refractivity contribution in [3.63, 3.8) is 0 Å². The maximum absolute atomic E-state index is 2.41. The molecule has 1 saturated heterocycles. The second-order valence-corrected chi connectivity index (χ2v) is 3.48. The van der Waals surface area contributed by atoms with Crippen LogP contribution in [0.2, 0.25) is 0 Å². The molecule has 0 amide bonds. The molecule has 0 aromatic rings. The Labute approximate surface area is 70.1 Å². The monoisotopic (exact) mass is 153 g/mol. The van der Waals surface area contributed by atoms with Crippen LogP contribution in [-0.4, -0.2) is 25.0 Å². The predicted octanol–water partition coefficient (Wildman–Crippen LogP) is 2.29. The van der Waals surface area contributed by atoms with Crippen molar-refractivity contribution >= 4 is 0 Å². The first-order valence-electron chi connectivity index (χ1n) is 4.68. The zero-order chi connectivity index (χ0) is 8.10. The van der Waals surface area contributed by atoms with Crippen molar-refractivity contribution in [2.45, 2.75) is 26.2 Å². The highest BCUT2D eigenvalue weighted by molar-refractivity contribution is 4.90. The molecule has 0 N–H and O–H groups in total. The summed E-state index contributed by atoms with van der Waals surface area (Å²) >= 11 is 0. The van der Waals surface area contributed by atoms with Crippen LogP contribution in [0, 0.1) is 5.92 Å². The maximum Gasteiger partial charge on any atom is -0.00162 e. The third kappa shape index (κ3) is 3.06. The van der Waals surface area contributed by atoms with Crippen molar-refractivity contribution in [2.24, 2.45) is 5.92 Å². The predicted molar refractivity (Wildman–Crippen MR) is 49.7 cm³/mol. The van der Waals surface area contributed by atoms with Gasteiger partial charge in [0, 0.05) is 0 Å². The minimum Gasteiger partial charge on any atom is -0.306 e. The highest BCUT2D eigenvalue weighted by Gasteiger charge is 2.12. The minimum absolute atomic E-state index is 0.867. The zero-order valence-corrected chi connectivity index (χ0v) is 7.71. The van der Waals surface area contributed by atoms with Crippen LogP contribution in [0.4, 0.5) is 0 Å². The van der Waals surface area contributed by atoms with E-state index in [1.807, 2.05) is 0 Å². The molecule has 0 unspecified atom stereocenters. The van der Waals surface area contributed by atoms with Gasteiger partial charge >= 0.3 is 0 Å². The van der Waals surface area contributed by atoms with E-state index >= 15 is 0 Å². The molecule has 1 rings (SSSR count). The molecule has 0 bridgehead atoms. The van der Waals surface area contributed by atoms with Crippen LogP contribution in [0.15, 0.2) is 12.2 Å². The second kappa shape index (κ2) is 4.55. The van der Waals surface area contributed by atoms with Gasteiger partial charge in [0.05, 0.1) is 0 Å². The number of hydrogen-bond acceptors (Lipinski definition) is 1. The average Bonchev–Trinajstić information content (AvgIpc) is 2.04. The Kier molecular flexibility index (Phi) is 3.64. The lowest BCUT2D eigenvalue weighted by molar-refractivity contribution is 0.244. The number of hydrogen-bond donors (Lipinski definition) is 0. The Hall–Kier alpha value is -0.300. The van der Waals surface area contributed by atoms with Crippen molar-refractivity contribution in [3.05, 3.63) is 12.2 Å². The Morgan fingerprint density at radius 2 is 2.00 bits per heavy atom. The number of allylic oxidation sites excluding steroid dienone is 2. The van der Waals surface area contributed by atoms with Gasteiger partial charge in [-0.05, 0) is 45.3 Å². The Morgan fingerprint density at radius 1 is 1.36 bits per heavy atom. The molecule has 1 heteroatoms. The number of nitrogens with zero attached hydrogens (tertiary/aromatic N) is 1. The van der Waals surface area contributed by atoms with Crippen molar-refractivity contribution in [3.8, 4) is 0 Å². The molecule has 64 valence electrons. The van der Waals surface area contributed by atoms with Gasteiger partial charge < -0.3 is 4.90 Å². The fourth-order valence-corrected chi connectivity index (χ4v) is 1.55. The number of piperidine rings is 1. The maximum atomic E-state index is 2.41. The van der Waals surface area contributed by atoms with Crippen molar-refractivity contribution < 1.29 is 0 Å². The van der Waals surface area contributed by atoms with E-state index in [4.69, 9.17) is 0 Å². The summed E-state index contributed by atoms with van der Waals surface area (Å²) in [5, 5.41) is 0. The number of rotatable bonds is 2. The SMILES string of the molecule is CC/C=C\C1CCN(C)CC1. The van der Waals surface area contributed by atoms with E-state index in [9.17, 15) is 0 Å². The fourth-order valence-electron chi connectivity index (χ4n) is 1.55. The highest BCUT2D eigenvalue weighted by Crippen LogP contribution is 2.16. The zero-order valence-electron chi connectivity index (χ0n) is 7.71. The van der Waals surface area contributed by atoms with Crippen LogP contribution in [0.3, 0.4) is 0 Å². The van der Waals surface area contributed by atoms with Gasteiger partial charge in [0.25, 0.3) is 0 Å². The Morgan fingerprint density at radius 3 is 2.55 bits per heavy atom. The average molecular weight is 153 g/mol. The second-order valence-electron chi connectivity index (χ2n) is 3.48. The first kappa shape index (κ1) is 8.79. The Bertz CT molecular complexity index is 121. The molecule has 0 aromatic heterocycles. The smallest absolute Gasteiger partial charge is 0.00162 e. The molecule has 0 radical (unpaired) electrons. The first-order chi connectivity index (χ1) is 5.33. The molecule has 1 heterocycles. The van der Waals surface area contributed by atoms with Gasteiger partial charge in [-0.25, -0.2) is 0 Å². The summed E-state index contributed by atoms with van der Waals surface area (Å²) in [6, 6.07) is 0. The summed E-state index contributed by atoms with van der Waals surface area (Å²) in [5.74, 6) is 0.867. The van der Waals surface area contributed by atoms with Gasteiger partial charge in [-0.1, -0.05) is 19.1 Å². The summed E-state index contributed by atoms with van der Waals surface area (Å²) in [6.45, 7) is 4.75. The lowest BCUT2D eigenvalue weighted by Gasteiger charge is -2.26.